The monoisotopic (exact) mass is 255 g/mol. The number of nitrogens with one attached hydrogen (secondary N) is 1. The van der Waals surface area contributed by atoms with Crippen LogP contribution >= 0.6 is 0 Å². The topological polar surface area (TPSA) is 38.7 Å². The molecule has 0 aromatic heterocycles. The second kappa shape index (κ2) is 6.85. The Kier molecular flexibility index (Phi) is 5.42. The molecule has 0 saturated carbocycles. The fraction of sp³-hybridized carbons (Fsp3) is 1.00. The highest BCUT2D eigenvalue weighted by Gasteiger charge is 2.30. The standard InChI is InChI=1S/C14H29N3O/c1-12(2)15-13(11-18)9-16-8-5-14(10-16)17-6-3-4-7-17/h12-15,18H,3-11H2,1-2H3. The molecule has 2 aliphatic rings. The van der Waals surface area contributed by atoms with E-state index >= 15 is 0 Å². The first kappa shape index (κ1) is 14.3. The summed E-state index contributed by atoms with van der Waals surface area (Å²) < 4.78 is 0. The van der Waals surface area contributed by atoms with Gasteiger partial charge in [-0.3, -0.25) is 4.90 Å². The van der Waals surface area contributed by atoms with Gasteiger partial charge in [0.05, 0.1) is 6.61 Å². The Morgan fingerprint density at radius 3 is 2.56 bits per heavy atom. The van der Waals surface area contributed by atoms with Crippen LogP contribution in [0, 0.1) is 0 Å². The van der Waals surface area contributed by atoms with Crippen molar-refractivity contribution >= 4 is 0 Å². The van der Waals surface area contributed by atoms with Crippen LogP contribution in [0.1, 0.15) is 33.1 Å². The van der Waals surface area contributed by atoms with Gasteiger partial charge in [-0.25, -0.2) is 0 Å². The van der Waals surface area contributed by atoms with E-state index in [2.05, 4.69) is 29.0 Å². The summed E-state index contributed by atoms with van der Waals surface area (Å²) in [4.78, 5) is 5.17. The second-order valence-electron chi connectivity index (χ2n) is 6.15. The second-order valence-corrected chi connectivity index (χ2v) is 6.15. The maximum atomic E-state index is 9.41. The van der Waals surface area contributed by atoms with E-state index in [9.17, 15) is 5.11 Å². The van der Waals surface area contributed by atoms with Gasteiger partial charge >= 0.3 is 0 Å². The van der Waals surface area contributed by atoms with Gasteiger partial charge in [-0.15, -0.1) is 0 Å². The molecule has 2 unspecified atom stereocenters. The average molecular weight is 255 g/mol. The predicted octanol–water partition coefficient (Wildman–Crippen LogP) is 0.515. The Morgan fingerprint density at radius 1 is 1.22 bits per heavy atom. The largest absolute Gasteiger partial charge is 0.395 e. The van der Waals surface area contributed by atoms with Gasteiger partial charge in [0.25, 0.3) is 0 Å². The lowest BCUT2D eigenvalue weighted by atomic mass is 10.2. The third-order valence-corrected chi connectivity index (χ3v) is 4.17. The third-order valence-electron chi connectivity index (χ3n) is 4.17. The first-order valence-corrected chi connectivity index (χ1v) is 7.52. The van der Waals surface area contributed by atoms with Gasteiger partial charge in [0.1, 0.15) is 0 Å². The Hall–Kier alpha value is -0.160. The summed E-state index contributed by atoms with van der Waals surface area (Å²) >= 11 is 0. The average Bonchev–Trinajstić information content (AvgIpc) is 2.97. The molecule has 2 saturated heterocycles. The highest BCUT2D eigenvalue weighted by atomic mass is 16.3. The number of likely N-dealkylation sites (tertiary alicyclic amines) is 2. The maximum absolute atomic E-state index is 9.41. The van der Waals surface area contributed by atoms with Crippen LogP contribution in [0.2, 0.25) is 0 Å². The summed E-state index contributed by atoms with van der Waals surface area (Å²) in [5.41, 5.74) is 0. The first-order chi connectivity index (χ1) is 8.69. The number of aliphatic hydroxyl groups is 1. The quantitative estimate of drug-likeness (QED) is 0.726. The van der Waals surface area contributed by atoms with Crippen molar-refractivity contribution in [3.8, 4) is 0 Å². The van der Waals surface area contributed by atoms with Gasteiger partial charge in [-0.1, -0.05) is 13.8 Å². The molecule has 106 valence electrons. The van der Waals surface area contributed by atoms with E-state index in [1.807, 2.05) is 0 Å². The normalized spacial score (nSPS) is 28.3. The number of rotatable bonds is 6. The molecule has 0 bridgehead atoms. The third kappa shape index (κ3) is 3.92. The van der Waals surface area contributed by atoms with E-state index < -0.39 is 0 Å². The highest BCUT2D eigenvalue weighted by Crippen LogP contribution is 2.20. The summed E-state index contributed by atoms with van der Waals surface area (Å²) in [5, 5.41) is 12.8. The molecule has 0 amide bonds. The van der Waals surface area contributed by atoms with Gasteiger partial charge in [0, 0.05) is 31.2 Å². The van der Waals surface area contributed by atoms with Crippen LogP contribution < -0.4 is 5.32 Å². The van der Waals surface area contributed by atoms with Crippen LogP contribution in [0.15, 0.2) is 0 Å². The SMILES string of the molecule is CC(C)NC(CO)CN1CCC(N2CCCC2)C1. The molecule has 2 fully saturated rings. The van der Waals surface area contributed by atoms with Gasteiger partial charge < -0.3 is 15.3 Å². The van der Waals surface area contributed by atoms with Crippen molar-refractivity contribution in [1.82, 2.24) is 15.1 Å². The minimum atomic E-state index is 0.224. The summed E-state index contributed by atoms with van der Waals surface area (Å²) in [5.74, 6) is 0. The lowest BCUT2D eigenvalue weighted by Crippen LogP contribution is -2.46. The maximum Gasteiger partial charge on any atom is 0.0597 e. The van der Waals surface area contributed by atoms with Crippen molar-refractivity contribution < 1.29 is 5.11 Å². The Labute approximate surface area is 111 Å². The molecule has 0 spiro atoms. The minimum absolute atomic E-state index is 0.224. The summed E-state index contributed by atoms with van der Waals surface area (Å²) in [6.07, 6.45) is 4.06. The predicted molar refractivity (Wildman–Crippen MR) is 74.8 cm³/mol. The van der Waals surface area contributed by atoms with Crippen molar-refractivity contribution in [1.29, 1.82) is 0 Å². The fourth-order valence-corrected chi connectivity index (χ4v) is 3.33. The van der Waals surface area contributed by atoms with Crippen LogP contribution in [0.5, 0.6) is 0 Å². The van der Waals surface area contributed by atoms with Crippen LogP contribution in [0.25, 0.3) is 0 Å². The Morgan fingerprint density at radius 2 is 1.94 bits per heavy atom. The summed E-state index contributed by atoms with van der Waals surface area (Å²) in [7, 11) is 0. The van der Waals surface area contributed by atoms with E-state index in [4.69, 9.17) is 0 Å². The number of aliphatic hydroxyl groups excluding tert-OH is 1. The smallest absolute Gasteiger partial charge is 0.0597 e. The van der Waals surface area contributed by atoms with Crippen molar-refractivity contribution in [2.24, 2.45) is 0 Å². The van der Waals surface area contributed by atoms with Gasteiger partial charge in [0.2, 0.25) is 0 Å². The highest BCUT2D eigenvalue weighted by molar-refractivity contribution is 4.87. The van der Waals surface area contributed by atoms with Crippen molar-refractivity contribution in [2.75, 3.05) is 39.3 Å². The van der Waals surface area contributed by atoms with E-state index in [1.165, 1.54) is 45.4 Å². The fourth-order valence-electron chi connectivity index (χ4n) is 3.33. The molecule has 0 aliphatic carbocycles. The molecule has 0 radical (unpaired) electrons. The molecule has 2 N–H and O–H groups in total. The van der Waals surface area contributed by atoms with Crippen LogP contribution in [0.3, 0.4) is 0 Å². The minimum Gasteiger partial charge on any atom is -0.395 e. The number of nitrogens with zero attached hydrogens (tertiary/aromatic N) is 2. The molecule has 0 aromatic rings. The zero-order chi connectivity index (χ0) is 13.0. The van der Waals surface area contributed by atoms with Crippen LogP contribution in [0.4, 0.5) is 0 Å². The number of hydrogen-bond acceptors (Lipinski definition) is 4. The van der Waals surface area contributed by atoms with Crippen LogP contribution in [-0.2, 0) is 0 Å². The molecular formula is C14H29N3O. The zero-order valence-electron chi connectivity index (χ0n) is 11.9. The number of hydrogen-bond donors (Lipinski definition) is 2. The van der Waals surface area contributed by atoms with Crippen molar-refractivity contribution in [2.45, 2.75) is 51.2 Å². The van der Waals surface area contributed by atoms with E-state index in [1.54, 1.807) is 0 Å². The molecule has 4 nitrogen and oxygen atoms in total. The lowest BCUT2D eigenvalue weighted by Gasteiger charge is -2.27. The molecule has 4 heteroatoms. The van der Waals surface area contributed by atoms with E-state index in [-0.39, 0.29) is 12.6 Å². The molecule has 2 aliphatic heterocycles. The van der Waals surface area contributed by atoms with Gasteiger partial charge in [-0.05, 0) is 38.9 Å². The molecule has 2 heterocycles. The summed E-state index contributed by atoms with van der Waals surface area (Å²) in [6.45, 7) is 10.5. The zero-order valence-corrected chi connectivity index (χ0v) is 11.9. The summed E-state index contributed by atoms with van der Waals surface area (Å²) in [6, 6.07) is 1.44. The van der Waals surface area contributed by atoms with E-state index in [0.29, 0.717) is 6.04 Å². The van der Waals surface area contributed by atoms with Crippen LogP contribution in [-0.4, -0.2) is 72.4 Å². The van der Waals surface area contributed by atoms with Gasteiger partial charge in [-0.2, -0.15) is 0 Å². The Bertz CT molecular complexity index is 241. The molecule has 2 rings (SSSR count). The Balaban J connectivity index is 1.74. The van der Waals surface area contributed by atoms with E-state index in [0.717, 1.165) is 12.6 Å². The van der Waals surface area contributed by atoms with Gasteiger partial charge in [0.15, 0.2) is 0 Å². The molecular weight excluding hydrogens is 226 g/mol. The van der Waals surface area contributed by atoms with Crippen molar-refractivity contribution in [3.05, 3.63) is 0 Å². The van der Waals surface area contributed by atoms with Crippen molar-refractivity contribution in [3.63, 3.8) is 0 Å². The lowest BCUT2D eigenvalue weighted by molar-refractivity contribution is 0.180. The first-order valence-electron chi connectivity index (χ1n) is 7.52. The molecule has 18 heavy (non-hydrogen) atoms. The molecule has 0 aromatic carbocycles. The molecule has 2 atom stereocenters.